The molecule has 0 saturated carbocycles. The summed E-state index contributed by atoms with van der Waals surface area (Å²) in [6.07, 6.45) is 5.58. The maximum Gasteiger partial charge on any atom is 0.0971 e. The molecular formula is C16H24O. The fourth-order valence-corrected chi connectivity index (χ4v) is 1.68. The fourth-order valence-electron chi connectivity index (χ4n) is 1.68. The molecule has 1 heteroatoms. The minimum Gasteiger partial charge on any atom is -0.384 e. The number of hydrogen-bond acceptors (Lipinski definition) is 1. The van der Waals surface area contributed by atoms with Gasteiger partial charge in [0.05, 0.1) is 6.10 Å². The lowest BCUT2D eigenvalue weighted by molar-refractivity contribution is 0.228. The molecule has 0 heterocycles. The van der Waals surface area contributed by atoms with Crippen molar-refractivity contribution in [2.24, 2.45) is 0 Å². The minimum absolute atomic E-state index is 0.168. The van der Waals surface area contributed by atoms with Gasteiger partial charge in [-0.15, -0.1) is 0 Å². The summed E-state index contributed by atoms with van der Waals surface area (Å²) in [5.41, 5.74) is 2.43. The molecule has 94 valence electrons. The highest BCUT2D eigenvalue weighted by molar-refractivity contribution is 5.30. The lowest BCUT2D eigenvalue weighted by Crippen LogP contribution is -2.10. The molecule has 1 aromatic rings. The summed E-state index contributed by atoms with van der Waals surface area (Å²) in [6, 6.07) is 8.24. The average molecular weight is 232 g/mol. The molecule has 0 spiro atoms. The highest BCUT2D eigenvalue weighted by Crippen LogP contribution is 2.24. The van der Waals surface area contributed by atoms with Crippen molar-refractivity contribution in [3.63, 3.8) is 0 Å². The Morgan fingerprint density at radius 3 is 2.24 bits per heavy atom. The Labute approximate surface area is 105 Å². The van der Waals surface area contributed by atoms with Crippen molar-refractivity contribution >= 4 is 0 Å². The quantitative estimate of drug-likeness (QED) is 0.764. The molecule has 1 N–H and O–H groups in total. The predicted octanol–water partition coefficient (Wildman–Crippen LogP) is 4.37. The van der Waals surface area contributed by atoms with E-state index in [4.69, 9.17) is 0 Å². The Morgan fingerprint density at radius 1 is 1.18 bits per heavy atom. The molecule has 0 bridgehead atoms. The molecule has 1 atom stereocenters. The molecule has 1 nitrogen and oxygen atoms in total. The van der Waals surface area contributed by atoms with Crippen LogP contribution in [-0.2, 0) is 5.41 Å². The van der Waals surface area contributed by atoms with E-state index in [2.05, 4.69) is 39.8 Å². The van der Waals surface area contributed by atoms with Gasteiger partial charge in [0.1, 0.15) is 0 Å². The van der Waals surface area contributed by atoms with E-state index in [-0.39, 0.29) is 5.41 Å². The molecule has 0 radical (unpaired) electrons. The monoisotopic (exact) mass is 232 g/mol. The number of aliphatic hydroxyl groups excluding tert-OH is 1. The van der Waals surface area contributed by atoms with Crippen LogP contribution in [0.2, 0.25) is 0 Å². The van der Waals surface area contributed by atoms with Crippen LogP contribution in [0.15, 0.2) is 36.4 Å². The summed E-state index contributed by atoms with van der Waals surface area (Å²) in [6.45, 7) is 8.72. The van der Waals surface area contributed by atoms with Gasteiger partial charge < -0.3 is 5.11 Å². The lowest BCUT2D eigenvalue weighted by atomic mass is 9.86. The first kappa shape index (κ1) is 14.0. The van der Waals surface area contributed by atoms with Gasteiger partial charge in [-0.3, -0.25) is 0 Å². The zero-order chi connectivity index (χ0) is 12.9. The van der Waals surface area contributed by atoms with Gasteiger partial charge in [0.2, 0.25) is 0 Å². The van der Waals surface area contributed by atoms with E-state index >= 15 is 0 Å². The van der Waals surface area contributed by atoms with Gasteiger partial charge in [-0.2, -0.15) is 0 Å². The van der Waals surface area contributed by atoms with Crippen LogP contribution in [-0.4, -0.2) is 5.11 Å². The fraction of sp³-hybridized carbons (Fsp3) is 0.500. The van der Waals surface area contributed by atoms with E-state index < -0.39 is 6.10 Å². The first-order valence-electron chi connectivity index (χ1n) is 6.40. The molecule has 0 amide bonds. The Balaban J connectivity index is 2.74. The molecule has 17 heavy (non-hydrogen) atoms. The number of benzene rings is 1. The van der Waals surface area contributed by atoms with Crippen molar-refractivity contribution in [2.75, 3.05) is 0 Å². The number of allylic oxidation sites excluding steroid dienone is 1. The van der Waals surface area contributed by atoms with Crippen LogP contribution in [0.3, 0.4) is 0 Å². The third-order valence-corrected chi connectivity index (χ3v) is 2.89. The van der Waals surface area contributed by atoms with Crippen molar-refractivity contribution in [3.8, 4) is 0 Å². The minimum atomic E-state index is -0.476. The second kappa shape index (κ2) is 6.02. The SMILES string of the molecule is CCC/C=C/C(O)c1ccc(C(C)(C)C)cc1. The van der Waals surface area contributed by atoms with Crippen LogP contribution in [0.1, 0.15) is 57.8 Å². The summed E-state index contributed by atoms with van der Waals surface area (Å²) in [7, 11) is 0. The molecule has 1 rings (SSSR count). The second-order valence-electron chi connectivity index (χ2n) is 5.53. The van der Waals surface area contributed by atoms with E-state index in [1.807, 2.05) is 24.3 Å². The van der Waals surface area contributed by atoms with Gasteiger partial charge in [-0.1, -0.05) is 70.5 Å². The van der Waals surface area contributed by atoms with Crippen LogP contribution < -0.4 is 0 Å². The van der Waals surface area contributed by atoms with E-state index in [1.165, 1.54) is 5.56 Å². The third-order valence-electron chi connectivity index (χ3n) is 2.89. The molecule has 1 unspecified atom stereocenters. The zero-order valence-electron chi connectivity index (χ0n) is 11.4. The number of aliphatic hydroxyl groups is 1. The smallest absolute Gasteiger partial charge is 0.0971 e. The van der Waals surface area contributed by atoms with Crippen LogP contribution in [0, 0.1) is 0 Å². The highest BCUT2D eigenvalue weighted by Gasteiger charge is 2.13. The molecular weight excluding hydrogens is 208 g/mol. The van der Waals surface area contributed by atoms with E-state index in [0.717, 1.165) is 18.4 Å². The van der Waals surface area contributed by atoms with E-state index in [9.17, 15) is 5.11 Å². The first-order valence-corrected chi connectivity index (χ1v) is 6.40. The molecule has 1 aromatic carbocycles. The van der Waals surface area contributed by atoms with E-state index in [0.29, 0.717) is 0 Å². The van der Waals surface area contributed by atoms with Crippen molar-refractivity contribution in [3.05, 3.63) is 47.5 Å². The van der Waals surface area contributed by atoms with Crippen molar-refractivity contribution in [2.45, 2.75) is 52.1 Å². The topological polar surface area (TPSA) is 20.2 Å². The van der Waals surface area contributed by atoms with Crippen molar-refractivity contribution in [1.29, 1.82) is 0 Å². The maximum atomic E-state index is 9.95. The molecule has 0 saturated heterocycles. The molecule has 0 aliphatic heterocycles. The summed E-state index contributed by atoms with van der Waals surface area (Å²) in [5, 5.41) is 9.95. The van der Waals surface area contributed by atoms with Crippen LogP contribution >= 0.6 is 0 Å². The molecule has 0 aliphatic rings. The maximum absolute atomic E-state index is 9.95. The van der Waals surface area contributed by atoms with Crippen LogP contribution in [0.25, 0.3) is 0 Å². The highest BCUT2D eigenvalue weighted by atomic mass is 16.3. The molecule has 0 fully saturated rings. The number of hydrogen-bond donors (Lipinski definition) is 1. The number of rotatable bonds is 4. The van der Waals surface area contributed by atoms with Crippen LogP contribution in [0.4, 0.5) is 0 Å². The van der Waals surface area contributed by atoms with Gasteiger partial charge >= 0.3 is 0 Å². The lowest BCUT2D eigenvalue weighted by Gasteiger charge is -2.19. The van der Waals surface area contributed by atoms with Gasteiger partial charge in [-0.25, -0.2) is 0 Å². The summed E-state index contributed by atoms with van der Waals surface area (Å²) in [5.74, 6) is 0. The van der Waals surface area contributed by atoms with E-state index in [1.54, 1.807) is 0 Å². The Bertz CT molecular complexity index is 354. The van der Waals surface area contributed by atoms with Gasteiger partial charge in [-0.05, 0) is 23.0 Å². The van der Waals surface area contributed by atoms with Gasteiger partial charge in [0, 0.05) is 0 Å². The first-order chi connectivity index (χ1) is 7.95. The van der Waals surface area contributed by atoms with Crippen LogP contribution in [0.5, 0.6) is 0 Å². The standard InChI is InChI=1S/C16H24O/c1-5-6-7-8-15(17)13-9-11-14(12-10-13)16(2,3)4/h7-12,15,17H,5-6H2,1-4H3/b8-7+. The Hall–Kier alpha value is -1.08. The normalized spacial score (nSPS) is 14.2. The van der Waals surface area contributed by atoms with Crippen molar-refractivity contribution < 1.29 is 5.11 Å². The average Bonchev–Trinajstić information content (AvgIpc) is 2.28. The largest absolute Gasteiger partial charge is 0.384 e. The zero-order valence-corrected chi connectivity index (χ0v) is 11.4. The number of unbranched alkanes of at least 4 members (excludes halogenated alkanes) is 1. The van der Waals surface area contributed by atoms with Crippen molar-refractivity contribution in [1.82, 2.24) is 0 Å². The predicted molar refractivity (Wildman–Crippen MR) is 74.1 cm³/mol. The van der Waals surface area contributed by atoms with Gasteiger partial charge in [0.25, 0.3) is 0 Å². The van der Waals surface area contributed by atoms with Gasteiger partial charge in [0.15, 0.2) is 0 Å². The summed E-state index contributed by atoms with van der Waals surface area (Å²) >= 11 is 0. The molecule has 0 aromatic heterocycles. The summed E-state index contributed by atoms with van der Waals surface area (Å²) < 4.78 is 0. The second-order valence-corrected chi connectivity index (χ2v) is 5.53. The Kier molecular flexibility index (Phi) is 4.95. The summed E-state index contributed by atoms with van der Waals surface area (Å²) in [4.78, 5) is 0. The third kappa shape index (κ3) is 4.35. The Morgan fingerprint density at radius 2 is 1.76 bits per heavy atom. The molecule has 0 aliphatic carbocycles.